The highest BCUT2D eigenvalue weighted by Crippen LogP contribution is 2.03. The van der Waals surface area contributed by atoms with Crippen molar-refractivity contribution in [3.63, 3.8) is 0 Å². The summed E-state index contributed by atoms with van der Waals surface area (Å²) in [6.07, 6.45) is 0. The van der Waals surface area contributed by atoms with Crippen LogP contribution in [0.15, 0.2) is 12.1 Å². The largest absolute Gasteiger partial charge is 0.286 e. The van der Waals surface area contributed by atoms with Crippen LogP contribution in [0.4, 0.5) is 5.95 Å². The Morgan fingerprint density at radius 2 is 2.19 bits per heavy atom. The first-order chi connectivity index (χ1) is 7.65. The van der Waals surface area contributed by atoms with Gasteiger partial charge >= 0.3 is 0 Å². The van der Waals surface area contributed by atoms with Crippen LogP contribution in [-0.2, 0) is 7.05 Å². The highest BCUT2D eigenvalue weighted by Gasteiger charge is 2.10. The van der Waals surface area contributed by atoms with Crippen LogP contribution in [0.5, 0.6) is 0 Å². The molecule has 0 bridgehead atoms. The number of rotatable bonds is 2. The zero-order valence-corrected chi connectivity index (χ0v) is 8.88. The SMILES string of the molecule is Cn1nnc(NC(=O)c2ccc(Cl)nn2)n1. The van der Waals surface area contributed by atoms with Gasteiger partial charge in [-0.1, -0.05) is 16.7 Å². The van der Waals surface area contributed by atoms with Gasteiger partial charge in [-0.3, -0.25) is 10.1 Å². The number of amides is 1. The number of hydrogen-bond acceptors (Lipinski definition) is 6. The van der Waals surface area contributed by atoms with Gasteiger partial charge in [-0.15, -0.1) is 15.3 Å². The number of halogens is 1. The smallest absolute Gasteiger partial charge is 0.278 e. The molecule has 1 N–H and O–H groups in total. The molecule has 2 heterocycles. The standard InChI is InChI=1S/C7H6ClN7O/c1-15-13-7(12-14-15)9-6(16)4-2-3-5(8)11-10-4/h2-3H,1H3,(H,9,13,16). The zero-order valence-electron chi connectivity index (χ0n) is 8.12. The van der Waals surface area contributed by atoms with E-state index in [1.165, 1.54) is 16.9 Å². The monoisotopic (exact) mass is 239 g/mol. The molecule has 82 valence electrons. The molecule has 0 atom stereocenters. The molecule has 2 rings (SSSR count). The molecule has 0 aliphatic heterocycles. The lowest BCUT2D eigenvalue weighted by molar-refractivity contribution is 0.102. The molecule has 0 aromatic carbocycles. The van der Waals surface area contributed by atoms with Crippen molar-refractivity contribution in [3.05, 3.63) is 23.0 Å². The molecule has 0 unspecified atom stereocenters. The molecule has 0 saturated heterocycles. The fraction of sp³-hybridized carbons (Fsp3) is 0.143. The minimum atomic E-state index is -0.475. The van der Waals surface area contributed by atoms with Crippen molar-refractivity contribution in [2.24, 2.45) is 7.05 Å². The van der Waals surface area contributed by atoms with Gasteiger partial charge in [0.25, 0.3) is 11.9 Å². The predicted molar refractivity (Wildman–Crippen MR) is 53.8 cm³/mol. The number of nitrogens with one attached hydrogen (secondary N) is 1. The molecule has 0 radical (unpaired) electrons. The summed E-state index contributed by atoms with van der Waals surface area (Å²) in [6, 6.07) is 2.91. The maximum absolute atomic E-state index is 11.6. The Morgan fingerprint density at radius 3 is 2.75 bits per heavy atom. The highest BCUT2D eigenvalue weighted by molar-refractivity contribution is 6.29. The predicted octanol–water partition coefficient (Wildman–Crippen LogP) is -0.0942. The van der Waals surface area contributed by atoms with Gasteiger partial charge < -0.3 is 0 Å². The fourth-order valence-corrected chi connectivity index (χ4v) is 1.04. The normalized spacial score (nSPS) is 10.1. The molecule has 0 aliphatic rings. The van der Waals surface area contributed by atoms with Crippen molar-refractivity contribution in [2.45, 2.75) is 0 Å². The van der Waals surface area contributed by atoms with Crippen LogP contribution < -0.4 is 5.32 Å². The van der Waals surface area contributed by atoms with Gasteiger partial charge in [0.05, 0.1) is 7.05 Å². The number of tetrazole rings is 1. The first-order valence-electron chi connectivity index (χ1n) is 4.20. The Balaban J connectivity index is 2.11. The third-order valence-electron chi connectivity index (χ3n) is 1.60. The van der Waals surface area contributed by atoms with E-state index in [1.807, 2.05) is 0 Å². The van der Waals surface area contributed by atoms with E-state index in [2.05, 4.69) is 30.9 Å². The van der Waals surface area contributed by atoms with E-state index in [4.69, 9.17) is 11.6 Å². The van der Waals surface area contributed by atoms with Gasteiger partial charge in [-0.2, -0.15) is 4.80 Å². The Hall–Kier alpha value is -2.09. The number of nitrogens with zero attached hydrogens (tertiary/aromatic N) is 6. The maximum atomic E-state index is 11.6. The summed E-state index contributed by atoms with van der Waals surface area (Å²) in [4.78, 5) is 12.8. The molecule has 0 spiro atoms. The molecule has 9 heteroatoms. The quantitative estimate of drug-likeness (QED) is 0.786. The third-order valence-corrected chi connectivity index (χ3v) is 1.80. The van der Waals surface area contributed by atoms with Crippen molar-refractivity contribution in [1.82, 2.24) is 30.4 Å². The lowest BCUT2D eigenvalue weighted by Gasteiger charge is -1.97. The van der Waals surface area contributed by atoms with Gasteiger partial charge in [0, 0.05) is 0 Å². The number of carbonyl (C=O) groups excluding carboxylic acids is 1. The minimum absolute atomic E-state index is 0.101. The van der Waals surface area contributed by atoms with E-state index in [1.54, 1.807) is 7.05 Å². The molecule has 2 aromatic rings. The molecule has 2 aromatic heterocycles. The summed E-state index contributed by atoms with van der Waals surface area (Å²) < 4.78 is 0. The Labute approximate surface area is 94.6 Å². The summed E-state index contributed by atoms with van der Waals surface area (Å²) >= 11 is 5.54. The summed E-state index contributed by atoms with van der Waals surface area (Å²) in [5.74, 6) is -0.374. The van der Waals surface area contributed by atoms with Gasteiger partial charge in [-0.05, 0) is 17.3 Å². The van der Waals surface area contributed by atoms with E-state index < -0.39 is 5.91 Å². The topological polar surface area (TPSA) is 98.5 Å². The average molecular weight is 240 g/mol. The molecule has 0 fully saturated rings. The van der Waals surface area contributed by atoms with Crippen LogP contribution in [0.3, 0.4) is 0 Å². The van der Waals surface area contributed by atoms with Crippen molar-refractivity contribution >= 4 is 23.5 Å². The van der Waals surface area contributed by atoms with Gasteiger partial charge in [-0.25, -0.2) is 0 Å². The maximum Gasteiger partial charge on any atom is 0.278 e. The molecular weight excluding hydrogens is 234 g/mol. The summed E-state index contributed by atoms with van der Waals surface area (Å²) in [7, 11) is 1.59. The number of aromatic nitrogens is 6. The second-order valence-corrected chi connectivity index (χ2v) is 3.19. The highest BCUT2D eigenvalue weighted by atomic mass is 35.5. The second-order valence-electron chi connectivity index (χ2n) is 2.80. The molecule has 8 nitrogen and oxygen atoms in total. The van der Waals surface area contributed by atoms with Gasteiger partial charge in [0.2, 0.25) is 0 Å². The van der Waals surface area contributed by atoms with E-state index >= 15 is 0 Å². The van der Waals surface area contributed by atoms with Crippen LogP contribution in [0.25, 0.3) is 0 Å². The lowest BCUT2D eigenvalue weighted by atomic mass is 10.4. The third kappa shape index (κ3) is 2.28. The Kier molecular flexibility index (Phi) is 2.73. The second kappa shape index (κ2) is 4.19. The van der Waals surface area contributed by atoms with Gasteiger partial charge in [0.15, 0.2) is 10.8 Å². The molecule has 0 saturated carbocycles. The minimum Gasteiger partial charge on any atom is -0.286 e. The number of hydrogen-bond donors (Lipinski definition) is 1. The number of anilines is 1. The van der Waals surface area contributed by atoms with E-state index in [-0.39, 0.29) is 16.8 Å². The molecule has 1 amide bonds. The van der Waals surface area contributed by atoms with E-state index in [0.717, 1.165) is 0 Å². The zero-order chi connectivity index (χ0) is 11.5. The van der Waals surface area contributed by atoms with Crippen LogP contribution in [0, 0.1) is 0 Å². The Bertz CT molecular complexity index is 508. The molecular formula is C7H6ClN7O. The average Bonchev–Trinajstić information content (AvgIpc) is 2.65. The first-order valence-corrected chi connectivity index (χ1v) is 4.57. The molecule has 0 aliphatic carbocycles. The van der Waals surface area contributed by atoms with Crippen LogP contribution in [-0.4, -0.2) is 36.3 Å². The lowest BCUT2D eigenvalue weighted by Crippen LogP contribution is -2.15. The number of aryl methyl sites for hydroxylation is 1. The van der Waals surface area contributed by atoms with Crippen LogP contribution in [0.2, 0.25) is 5.15 Å². The number of carbonyl (C=O) groups is 1. The van der Waals surface area contributed by atoms with E-state index in [9.17, 15) is 4.79 Å². The van der Waals surface area contributed by atoms with Crippen LogP contribution >= 0.6 is 11.6 Å². The van der Waals surface area contributed by atoms with Crippen molar-refractivity contribution < 1.29 is 4.79 Å². The van der Waals surface area contributed by atoms with Crippen molar-refractivity contribution in [3.8, 4) is 0 Å². The van der Waals surface area contributed by atoms with Crippen molar-refractivity contribution in [1.29, 1.82) is 0 Å². The summed E-state index contributed by atoms with van der Waals surface area (Å²) in [5, 5.41) is 20.7. The van der Waals surface area contributed by atoms with E-state index in [0.29, 0.717) is 0 Å². The van der Waals surface area contributed by atoms with Gasteiger partial charge in [0.1, 0.15) is 0 Å². The summed E-state index contributed by atoms with van der Waals surface area (Å²) in [5.41, 5.74) is 0.122. The fourth-order valence-electron chi connectivity index (χ4n) is 0.937. The first kappa shape index (κ1) is 10.4. The Morgan fingerprint density at radius 1 is 1.38 bits per heavy atom. The van der Waals surface area contributed by atoms with Crippen LogP contribution in [0.1, 0.15) is 10.5 Å². The van der Waals surface area contributed by atoms with Crippen molar-refractivity contribution in [2.75, 3.05) is 5.32 Å². The molecule has 16 heavy (non-hydrogen) atoms. The summed E-state index contributed by atoms with van der Waals surface area (Å²) in [6.45, 7) is 0.